The predicted molar refractivity (Wildman–Crippen MR) is 79.7 cm³/mol. The number of hydrogen-bond acceptors (Lipinski definition) is 6. The molecular weight excluding hydrogens is 274 g/mol. The van der Waals surface area contributed by atoms with Crippen LogP contribution in [0.15, 0.2) is 0 Å². The number of nitrogens with zero attached hydrogens (tertiary/aromatic N) is 1. The van der Waals surface area contributed by atoms with Gasteiger partial charge in [-0.1, -0.05) is 6.92 Å². The highest BCUT2D eigenvalue weighted by molar-refractivity contribution is 5.78. The molecule has 0 radical (unpaired) electrons. The summed E-state index contributed by atoms with van der Waals surface area (Å²) in [6.07, 6.45) is 0.952. The van der Waals surface area contributed by atoms with Crippen molar-refractivity contribution in [3.63, 3.8) is 0 Å². The minimum Gasteiger partial charge on any atom is -0.464 e. The highest BCUT2D eigenvalue weighted by atomic mass is 16.5. The van der Waals surface area contributed by atoms with E-state index in [0.717, 1.165) is 0 Å². The predicted octanol–water partition coefficient (Wildman–Crippen LogP) is 1.07. The zero-order chi connectivity index (χ0) is 16.5. The fraction of sp³-hybridized carbons (Fsp3) is 0.867. The zero-order valence-electron chi connectivity index (χ0n) is 13.8. The molecule has 0 spiro atoms. The second kappa shape index (κ2) is 9.73. The van der Waals surface area contributed by atoms with E-state index in [0.29, 0.717) is 26.0 Å². The van der Waals surface area contributed by atoms with E-state index >= 15 is 0 Å². The maximum absolute atomic E-state index is 12.1. The molecular formula is C15H29NO5. The Labute approximate surface area is 127 Å². The summed E-state index contributed by atoms with van der Waals surface area (Å²) in [5, 5.41) is 8.68. The third kappa shape index (κ3) is 8.02. The summed E-state index contributed by atoms with van der Waals surface area (Å²) >= 11 is 0. The normalized spacial score (nSPS) is 13.1. The molecule has 1 N–H and O–H groups in total. The van der Waals surface area contributed by atoms with Gasteiger partial charge in [0.1, 0.15) is 13.2 Å². The van der Waals surface area contributed by atoms with Crippen LogP contribution in [0.3, 0.4) is 0 Å². The molecule has 0 heterocycles. The molecule has 0 aromatic carbocycles. The maximum atomic E-state index is 12.1. The van der Waals surface area contributed by atoms with Crippen LogP contribution < -0.4 is 0 Å². The molecule has 0 saturated heterocycles. The van der Waals surface area contributed by atoms with Crippen molar-refractivity contribution in [1.29, 1.82) is 0 Å². The average molecular weight is 303 g/mol. The Morgan fingerprint density at radius 3 is 2.29 bits per heavy atom. The molecule has 0 aromatic heterocycles. The van der Waals surface area contributed by atoms with E-state index < -0.39 is 5.41 Å². The number of carbonyl (C=O) groups is 2. The van der Waals surface area contributed by atoms with Crippen molar-refractivity contribution in [3.05, 3.63) is 0 Å². The molecule has 0 aromatic rings. The van der Waals surface area contributed by atoms with Crippen LogP contribution in [0.5, 0.6) is 0 Å². The summed E-state index contributed by atoms with van der Waals surface area (Å²) in [4.78, 5) is 25.9. The highest BCUT2D eigenvalue weighted by Crippen LogP contribution is 2.29. The molecule has 0 rings (SSSR count). The van der Waals surface area contributed by atoms with Gasteiger partial charge in [-0.3, -0.25) is 9.59 Å². The Kier molecular flexibility index (Phi) is 9.21. The average Bonchev–Trinajstić information content (AvgIpc) is 2.41. The molecule has 0 aliphatic carbocycles. The third-order valence-corrected chi connectivity index (χ3v) is 3.24. The molecule has 124 valence electrons. The first-order chi connectivity index (χ1) is 9.74. The van der Waals surface area contributed by atoms with Crippen LogP contribution in [-0.2, 0) is 19.1 Å². The Balaban J connectivity index is 4.45. The van der Waals surface area contributed by atoms with E-state index in [1.165, 1.54) is 0 Å². The quantitative estimate of drug-likeness (QED) is 0.608. The van der Waals surface area contributed by atoms with Crippen LogP contribution in [-0.4, -0.2) is 62.4 Å². The fourth-order valence-corrected chi connectivity index (χ4v) is 1.87. The van der Waals surface area contributed by atoms with E-state index in [2.05, 4.69) is 0 Å². The molecule has 1 unspecified atom stereocenters. The molecule has 0 bridgehead atoms. The Bertz CT molecular complexity index is 328. The molecule has 0 amide bonds. The van der Waals surface area contributed by atoms with Gasteiger partial charge in [-0.2, -0.15) is 0 Å². The van der Waals surface area contributed by atoms with Gasteiger partial charge < -0.3 is 19.5 Å². The van der Waals surface area contributed by atoms with Gasteiger partial charge in [0.25, 0.3) is 0 Å². The van der Waals surface area contributed by atoms with Gasteiger partial charge in [-0.05, 0) is 40.8 Å². The van der Waals surface area contributed by atoms with E-state index in [4.69, 9.17) is 14.6 Å². The molecule has 21 heavy (non-hydrogen) atoms. The van der Waals surface area contributed by atoms with Crippen LogP contribution in [0.4, 0.5) is 0 Å². The lowest BCUT2D eigenvalue weighted by atomic mass is 9.81. The van der Waals surface area contributed by atoms with Gasteiger partial charge in [0, 0.05) is 6.54 Å². The van der Waals surface area contributed by atoms with Crippen molar-refractivity contribution in [3.8, 4) is 0 Å². The van der Waals surface area contributed by atoms with Crippen molar-refractivity contribution in [2.24, 2.45) is 11.3 Å². The van der Waals surface area contributed by atoms with E-state index in [-0.39, 0.29) is 31.1 Å². The largest absolute Gasteiger partial charge is 0.464 e. The van der Waals surface area contributed by atoms with Crippen LogP contribution in [0.1, 0.15) is 33.6 Å². The number of aliphatic hydroxyl groups is 1. The fourth-order valence-electron chi connectivity index (χ4n) is 1.87. The summed E-state index contributed by atoms with van der Waals surface area (Å²) in [5.41, 5.74) is -0.745. The smallest absolute Gasteiger partial charge is 0.311 e. The van der Waals surface area contributed by atoms with Gasteiger partial charge in [-0.15, -0.1) is 0 Å². The van der Waals surface area contributed by atoms with Crippen LogP contribution in [0.25, 0.3) is 0 Å². The summed E-state index contributed by atoms with van der Waals surface area (Å²) in [6.45, 7) is 6.21. The minimum absolute atomic E-state index is 0.0109. The molecule has 0 aliphatic rings. The standard InChI is InChI=1S/C15H29NO5/c1-6-12(13(18)20-10-8-17)11-15(2,3)14(19)21-9-7-16(4)5/h12,17H,6-11H2,1-5H3. The molecule has 0 fully saturated rings. The SMILES string of the molecule is CCC(CC(C)(C)C(=O)OCCN(C)C)C(=O)OCCO. The number of likely N-dealkylation sites (N-methyl/N-ethyl adjacent to an activating group) is 1. The lowest BCUT2D eigenvalue weighted by molar-refractivity contribution is -0.158. The molecule has 1 atom stereocenters. The lowest BCUT2D eigenvalue weighted by Crippen LogP contribution is -2.33. The molecule has 0 aliphatic heterocycles. The Morgan fingerprint density at radius 1 is 1.19 bits per heavy atom. The van der Waals surface area contributed by atoms with Crippen molar-refractivity contribution >= 4 is 11.9 Å². The van der Waals surface area contributed by atoms with Crippen LogP contribution >= 0.6 is 0 Å². The number of ether oxygens (including phenoxy) is 2. The minimum atomic E-state index is -0.745. The first-order valence-electron chi connectivity index (χ1n) is 7.34. The first-order valence-corrected chi connectivity index (χ1v) is 7.34. The molecule has 0 saturated carbocycles. The summed E-state index contributed by atoms with van der Waals surface area (Å²) in [7, 11) is 3.81. The lowest BCUT2D eigenvalue weighted by Gasteiger charge is -2.26. The van der Waals surface area contributed by atoms with Gasteiger partial charge in [0.2, 0.25) is 0 Å². The van der Waals surface area contributed by atoms with E-state index in [9.17, 15) is 9.59 Å². The second-order valence-corrected chi connectivity index (χ2v) is 6.02. The number of esters is 2. The highest BCUT2D eigenvalue weighted by Gasteiger charge is 2.35. The van der Waals surface area contributed by atoms with Gasteiger partial charge in [0.15, 0.2) is 0 Å². The number of rotatable bonds is 10. The summed E-state index contributed by atoms with van der Waals surface area (Å²) in [6, 6.07) is 0. The third-order valence-electron chi connectivity index (χ3n) is 3.24. The van der Waals surface area contributed by atoms with E-state index in [1.54, 1.807) is 13.8 Å². The Hall–Kier alpha value is -1.14. The van der Waals surface area contributed by atoms with Crippen molar-refractivity contribution in [1.82, 2.24) is 4.90 Å². The van der Waals surface area contributed by atoms with Crippen LogP contribution in [0.2, 0.25) is 0 Å². The number of carbonyl (C=O) groups excluding carboxylic acids is 2. The van der Waals surface area contributed by atoms with Crippen molar-refractivity contribution in [2.45, 2.75) is 33.6 Å². The second-order valence-electron chi connectivity index (χ2n) is 6.02. The van der Waals surface area contributed by atoms with Gasteiger partial charge >= 0.3 is 11.9 Å². The zero-order valence-corrected chi connectivity index (χ0v) is 13.8. The topological polar surface area (TPSA) is 76.1 Å². The van der Waals surface area contributed by atoms with Gasteiger partial charge in [-0.25, -0.2) is 0 Å². The van der Waals surface area contributed by atoms with Crippen molar-refractivity contribution in [2.75, 3.05) is 40.5 Å². The number of aliphatic hydroxyl groups excluding tert-OH is 1. The number of hydrogen-bond donors (Lipinski definition) is 1. The van der Waals surface area contributed by atoms with Gasteiger partial charge in [0.05, 0.1) is 17.9 Å². The molecule has 6 heteroatoms. The molecule has 6 nitrogen and oxygen atoms in total. The summed E-state index contributed by atoms with van der Waals surface area (Å²) in [5.74, 6) is -1.05. The first kappa shape index (κ1) is 19.9. The van der Waals surface area contributed by atoms with Crippen molar-refractivity contribution < 1.29 is 24.2 Å². The van der Waals surface area contributed by atoms with Crippen LogP contribution in [0, 0.1) is 11.3 Å². The maximum Gasteiger partial charge on any atom is 0.311 e. The summed E-state index contributed by atoms with van der Waals surface area (Å²) < 4.78 is 10.2. The van der Waals surface area contributed by atoms with E-state index in [1.807, 2.05) is 25.9 Å². The monoisotopic (exact) mass is 303 g/mol. The Morgan fingerprint density at radius 2 is 1.81 bits per heavy atom.